The van der Waals surface area contributed by atoms with E-state index in [0.717, 1.165) is 114 Å². The van der Waals surface area contributed by atoms with Crippen molar-refractivity contribution in [2.75, 3.05) is 39.6 Å². The summed E-state index contributed by atoms with van der Waals surface area (Å²) in [7, 11) is -9.93. The molecule has 0 fully saturated rings. The molecule has 0 radical (unpaired) electrons. The van der Waals surface area contributed by atoms with Gasteiger partial charge in [-0.1, -0.05) is 389 Å². The minimum atomic E-state index is -4.96. The summed E-state index contributed by atoms with van der Waals surface area (Å²) in [6.45, 7) is 12.0. The Morgan fingerprint density at radius 3 is 0.738 bits per heavy atom. The molecule has 0 aromatic heterocycles. The molecule has 103 heavy (non-hydrogen) atoms. The maximum absolute atomic E-state index is 13.1. The Labute approximate surface area is 632 Å². The lowest BCUT2D eigenvalue weighted by atomic mass is 10.00. The van der Waals surface area contributed by atoms with E-state index < -0.39 is 97.5 Å². The van der Waals surface area contributed by atoms with Crippen LogP contribution in [-0.2, 0) is 65.4 Å². The van der Waals surface area contributed by atoms with Crippen LogP contribution in [0, 0.1) is 17.8 Å². The van der Waals surface area contributed by atoms with Crippen LogP contribution in [0.15, 0.2) is 0 Å². The molecule has 0 rings (SSSR count). The minimum Gasteiger partial charge on any atom is -0.462 e. The third-order valence-electron chi connectivity index (χ3n) is 20.0. The second kappa shape index (κ2) is 74.2. The first kappa shape index (κ1) is 101. The highest BCUT2D eigenvalue weighted by molar-refractivity contribution is 7.47. The van der Waals surface area contributed by atoms with E-state index >= 15 is 0 Å². The summed E-state index contributed by atoms with van der Waals surface area (Å²) < 4.78 is 68.8. The molecule has 0 aliphatic heterocycles. The van der Waals surface area contributed by atoms with Crippen molar-refractivity contribution >= 4 is 39.5 Å². The maximum atomic E-state index is 13.1. The van der Waals surface area contributed by atoms with Crippen LogP contribution in [0.5, 0.6) is 0 Å². The molecule has 0 bridgehead atoms. The zero-order valence-corrected chi connectivity index (χ0v) is 69.6. The largest absolute Gasteiger partial charge is 0.472 e. The summed E-state index contributed by atoms with van der Waals surface area (Å²) in [5.41, 5.74) is 0. The average molecular weight is 1510 g/mol. The monoisotopic (exact) mass is 1510 g/mol. The zero-order valence-electron chi connectivity index (χ0n) is 67.8. The van der Waals surface area contributed by atoms with Crippen LogP contribution in [0.25, 0.3) is 0 Å². The molecular formula is C84H164O17P2. The summed E-state index contributed by atoms with van der Waals surface area (Å²) in [5.74, 6) is 0.235. The van der Waals surface area contributed by atoms with Gasteiger partial charge in [-0.3, -0.25) is 37.3 Å². The van der Waals surface area contributed by atoms with Crippen LogP contribution < -0.4 is 0 Å². The second-order valence-corrected chi connectivity index (χ2v) is 34.3. The normalized spacial score (nSPS) is 14.2. The van der Waals surface area contributed by atoms with Crippen molar-refractivity contribution in [1.82, 2.24) is 0 Å². The van der Waals surface area contributed by atoms with Gasteiger partial charge in [-0.15, -0.1) is 0 Å². The Balaban J connectivity index is 5.23. The van der Waals surface area contributed by atoms with Gasteiger partial charge in [-0.2, -0.15) is 0 Å². The number of aliphatic hydroxyl groups is 1. The van der Waals surface area contributed by atoms with E-state index in [9.17, 15) is 43.2 Å². The van der Waals surface area contributed by atoms with Gasteiger partial charge < -0.3 is 33.8 Å². The number of carbonyl (C=O) groups is 4. The average Bonchev–Trinajstić information content (AvgIpc) is 0.910. The van der Waals surface area contributed by atoms with Crippen LogP contribution in [0.1, 0.15) is 440 Å². The number of hydrogen-bond acceptors (Lipinski definition) is 15. The molecule has 0 saturated carbocycles. The summed E-state index contributed by atoms with van der Waals surface area (Å²) in [6.07, 6.45) is 63.9. The molecular weight excluding hydrogens is 1340 g/mol. The lowest BCUT2D eigenvalue weighted by Crippen LogP contribution is -2.30. The molecule has 6 atom stereocenters. The smallest absolute Gasteiger partial charge is 0.462 e. The van der Waals surface area contributed by atoms with Crippen molar-refractivity contribution in [3.8, 4) is 0 Å². The fourth-order valence-corrected chi connectivity index (χ4v) is 14.6. The van der Waals surface area contributed by atoms with Crippen molar-refractivity contribution in [1.29, 1.82) is 0 Å². The molecule has 0 amide bonds. The number of hydrogen-bond donors (Lipinski definition) is 3. The van der Waals surface area contributed by atoms with Gasteiger partial charge in [0.25, 0.3) is 0 Å². The minimum absolute atomic E-state index is 0.107. The topological polar surface area (TPSA) is 237 Å². The highest BCUT2D eigenvalue weighted by atomic mass is 31.2. The summed E-state index contributed by atoms with van der Waals surface area (Å²) in [4.78, 5) is 73.1. The van der Waals surface area contributed by atoms with Crippen LogP contribution >= 0.6 is 15.6 Å². The van der Waals surface area contributed by atoms with E-state index in [-0.39, 0.29) is 25.7 Å². The van der Waals surface area contributed by atoms with Crippen LogP contribution in [0.4, 0.5) is 0 Å². The van der Waals surface area contributed by atoms with E-state index in [1.807, 2.05) is 0 Å². The van der Waals surface area contributed by atoms with E-state index in [1.165, 1.54) is 244 Å². The van der Waals surface area contributed by atoms with Gasteiger partial charge in [0, 0.05) is 25.7 Å². The number of rotatable bonds is 82. The summed E-state index contributed by atoms with van der Waals surface area (Å²) in [6, 6.07) is 0. The fraction of sp³-hybridized carbons (Fsp3) is 0.952. The Morgan fingerprint density at radius 2 is 0.495 bits per heavy atom. The molecule has 0 aliphatic carbocycles. The Kier molecular flexibility index (Phi) is 72.8. The number of aliphatic hydroxyl groups excluding tert-OH is 1. The number of ether oxygens (including phenoxy) is 4. The van der Waals surface area contributed by atoms with E-state index in [2.05, 4.69) is 48.5 Å². The lowest BCUT2D eigenvalue weighted by molar-refractivity contribution is -0.161. The SMILES string of the molecule is CCCCCCCCCCCCCCCCCCC(=O)O[C@H](COC(=O)CCCCCCCCC(C)CC)COP(=O)(O)OC[C@H](O)COP(=O)(O)OC[C@@H](COC(=O)CCCCCCCCCCCCCCCC(C)C)OC(=O)CCCCCCCCCCCCCCCCCCCCC(C)C. The molecule has 0 aromatic carbocycles. The first-order valence-corrected chi connectivity index (χ1v) is 46.4. The third kappa shape index (κ3) is 76.6. The standard InChI is InChI=1S/C84H164O17P2/c1-8-10-11-12-13-14-15-16-17-23-28-34-39-44-53-60-68-84(89)101-80(72-95-82(87)66-59-52-47-46-50-57-64-77(7)9-2)74-99-103(92,93)97-70-78(85)69-96-102(90,91)98-73-79(71-94-81(86)65-58-51-43-38-33-30-25-27-32-37-42-49-56-63-76(5)6)100-83(88)67-61-54-45-40-35-29-24-21-19-18-20-22-26-31-36-41-48-55-62-75(3)4/h75-80,85H,8-74H2,1-7H3,(H,90,91)(H,92,93)/t77?,78-,79-,80-/m1/s1. The molecule has 0 saturated heterocycles. The summed E-state index contributed by atoms with van der Waals surface area (Å²) in [5, 5.41) is 10.7. The Morgan fingerprint density at radius 1 is 0.282 bits per heavy atom. The predicted molar refractivity (Wildman–Crippen MR) is 423 cm³/mol. The van der Waals surface area contributed by atoms with Gasteiger partial charge in [0.05, 0.1) is 26.4 Å². The lowest BCUT2D eigenvalue weighted by Gasteiger charge is -2.21. The van der Waals surface area contributed by atoms with Gasteiger partial charge >= 0.3 is 39.5 Å². The fourth-order valence-electron chi connectivity index (χ4n) is 13.0. The van der Waals surface area contributed by atoms with E-state index in [1.54, 1.807) is 0 Å². The quantitative estimate of drug-likeness (QED) is 0.0222. The first-order chi connectivity index (χ1) is 49.8. The third-order valence-corrected chi connectivity index (χ3v) is 21.9. The molecule has 3 N–H and O–H groups in total. The van der Waals surface area contributed by atoms with Gasteiger partial charge in [0.15, 0.2) is 12.2 Å². The van der Waals surface area contributed by atoms with Crippen LogP contribution in [0.3, 0.4) is 0 Å². The van der Waals surface area contributed by atoms with Gasteiger partial charge in [-0.05, 0) is 43.4 Å². The van der Waals surface area contributed by atoms with Crippen molar-refractivity contribution in [3.63, 3.8) is 0 Å². The number of phosphoric ester groups is 2. The second-order valence-electron chi connectivity index (χ2n) is 31.4. The van der Waals surface area contributed by atoms with Crippen molar-refractivity contribution in [2.24, 2.45) is 17.8 Å². The number of phosphoric acid groups is 2. The van der Waals surface area contributed by atoms with Crippen LogP contribution in [0.2, 0.25) is 0 Å². The molecule has 0 aromatic rings. The van der Waals surface area contributed by atoms with E-state index in [4.69, 9.17) is 37.0 Å². The number of esters is 4. The molecule has 0 heterocycles. The highest BCUT2D eigenvalue weighted by Gasteiger charge is 2.30. The van der Waals surface area contributed by atoms with Crippen molar-refractivity contribution in [2.45, 2.75) is 458 Å². The molecule has 0 spiro atoms. The zero-order chi connectivity index (χ0) is 75.8. The van der Waals surface area contributed by atoms with Crippen molar-refractivity contribution in [3.05, 3.63) is 0 Å². The van der Waals surface area contributed by atoms with Gasteiger partial charge in [0.2, 0.25) is 0 Å². The number of carbonyl (C=O) groups excluding carboxylic acids is 4. The van der Waals surface area contributed by atoms with Gasteiger partial charge in [0.1, 0.15) is 19.3 Å². The Hall–Kier alpha value is -1.94. The highest BCUT2D eigenvalue weighted by Crippen LogP contribution is 2.45. The molecule has 3 unspecified atom stereocenters. The van der Waals surface area contributed by atoms with Gasteiger partial charge in [-0.25, -0.2) is 9.13 Å². The van der Waals surface area contributed by atoms with Crippen LogP contribution in [-0.4, -0.2) is 96.7 Å². The molecule has 0 aliphatic rings. The first-order valence-electron chi connectivity index (χ1n) is 43.4. The van der Waals surface area contributed by atoms with E-state index in [0.29, 0.717) is 25.7 Å². The predicted octanol–water partition coefficient (Wildman–Crippen LogP) is 25.3. The molecule has 19 heteroatoms. The molecule has 612 valence electrons. The molecule has 17 nitrogen and oxygen atoms in total. The Bertz CT molecular complexity index is 1990. The maximum Gasteiger partial charge on any atom is 0.472 e. The van der Waals surface area contributed by atoms with Crippen molar-refractivity contribution < 1.29 is 80.2 Å². The number of unbranched alkanes of at least 4 members (excludes halogenated alkanes) is 49. The summed E-state index contributed by atoms with van der Waals surface area (Å²) >= 11 is 0.